The van der Waals surface area contributed by atoms with E-state index in [2.05, 4.69) is 15.4 Å². The molecule has 1 amide bonds. The summed E-state index contributed by atoms with van der Waals surface area (Å²) in [6.45, 7) is 4.29. The van der Waals surface area contributed by atoms with Crippen molar-refractivity contribution in [3.63, 3.8) is 0 Å². The summed E-state index contributed by atoms with van der Waals surface area (Å²) in [5.41, 5.74) is 2.85. The average Bonchev–Trinajstić information content (AvgIpc) is 3.04. The maximum atomic E-state index is 12.6. The molecule has 1 atom stereocenters. The minimum atomic E-state index is -0.317. The van der Waals surface area contributed by atoms with Gasteiger partial charge in [-0.1, -0.05) is 30.3 Å². The molecule has 2 heterocycles. The highest BCUT2D eigenvalue weighted by atomic mass is 16.3. The Kier molecular flexibility index (Phi) is 4.57. The maximum absolute atomic E-state index is 12.6. The van der Waals surface area contributed by atoms with Gasteiger partial charge in [-0.15, -0.1) is 0 Å². The van der Waals surface area contributed by atoms with Crippen molar-refractivity contribution in [3.05, 3.63) is 48.2 Å². The van der Waals surface area contributed by atoms with E-state index in [-0.39, 0.29) is 18.6 Å². The molecular weight excluding hydrogens is 304 g/mol. The first kappa shape index (κ1) is 16.1. The number of pyridine rings is 1. The van der Waals surface area contributed by atoms with Gasteiger partial charge < -0.3 is 10.4 Å². The van der Waals surface area contributed by atoms with Crippen LogP contribution in [-0.4, -0.2) is 38.4 Å². The van der Waals surface area contributed by atoms with Crippen molar-refractivity contribution in [2.45, 2.75) is 26.4 Å². The SMILES string of the molecule is CCn1ncc2c(C(=O)N[C@@H](C)CO)cc(-c3ccccc3)nc21. The van der Waals surface area contributed by atoms with Crippen LogP contribution in [0.1, 0.15) is 24.2 Å². The first-order valence-electron chi connectivity index (χ1n) is 7.97. The van der Waals surface area contributed by atoms with E-state index in [4.69, 9.17) is 0 Å². The second-order valence-corrected chi connectivity index (χ2v) is 5.68. The number of hydrogen-bond acceptors (Lipinski definition) is 4. The van der Waals surface area contributed by atoms with Crippen LogP contribution in [-0.2, 0) is 6.54 Å². The van der Waals surface area contributed by atoms with Gasteiger partial charge in [0.1, 0.15) is 0 Å². The second kappa shape index (κ2) is 6.80. The highest BCUT2D eigenvalue weighted by molar-refractivity contribution is 6.06. The van der Waals surface area contributed by atoms with Gasteiger partial charge in [-0.3, -0.25) is 4.79 Å². The molecule has 0 spiro atoms. The van der Waals surface area contributed by atoms with E-state index in [1.807, 2.05) is 37.3 Å². The third kappa shape index (κ3) is 3.00. The van der Waals surface area contributed by atoms with Gasteiger partial charge in [0, 0.05) is 18.2 Å². The Hall–Kier alpha value is -2.73. The summed E-state index contributed by atoms with van der Waals surface area (Å²) in [5.74, 6) is -0.239. The fourth-order valence-electron chi connectivity index (χ4n) is 2.57. The molecule has 0 radical (unpaired) electrons. The molecule has 0 bridgehead atoms. The standard InChI is InChI=1S/C18H20N4O2/c1-3-22-17-15(10-19-22)14(18(24)20-12(2)11-23)9-16(21-17)13-7-5-4-6-8-13/h4-10,12,23H,3,11H2,1-2H3,(H,20,24)/t12-/m0/s1. The number of rotatable bonds is 5. The lowest BCUT2D eigenvalue weighted by Crippen LogP contribution is -2.35. The number of nitrogens with one attached hydrogen (secondary N) is 1. The Morgan fingerprint density at radius 3 is 2.75 bits per heavy atom. The summed E-state index contributed by atoms with van der Waals surface area (Å²) < 4.78 is 1.77. The molecule has 0 aliphatic carbocycles. The number of carbonyl (C=O) groups excluding carboxylic acids is 1. The largest absolute Gasteiger partial charge is 0.394 e. The number of fused-ring (bicyclic) bond motifs is 1. The number of aromatic nitrogens is 3. The first-order valence-corrected chi connectivity index (χ1v) is 7.97. The predicted octanol–water partition coefficient (Wildman–Crippen LogP) is 2.23. The number of carbonyl (C=O) groups is 1. The van der Waals surface area contributed by atoms with Crippen molar-refractivity contribution in [2.24, 2.45) is 0 Å². The number of aryl methyl sites for hydroxylation is 1. The fraction of sp³-hybridized carbons (Fsp3) is 0.278. The van der Waals surface area contributed by atoms with E-state index < -0.39 is 0 Å². The van der Waals surface area contributed by atoms with Crippen LogP contribution in [0.4, 0.5) is 0 Å². The summed E-state index contributed by atoms with van der Waals surface area (Å²) in [6, 6.07) is 11.2. The Morgan fingerprint density at radius 2 is 2.08 bits per heavy atom. The van der Waals surface area contributed by atoms with Crippen LogP contribution in [0.2, 0.25) is 0 Å². The second-order valence-electron chi connectivity index (χ2n) is 5.68. The van der Waals surface area contributed by atoms with Crippen LogP contribution in [0.3, 0.4) is 0 Å². The smallest absolute Gasteiger partial charge is 0.252 e. The van der Waals surface area contributed by atoms with Gasteiger partial charge >= 0.3 is 0 Å². The molecule has 1 aromatic carbocycles. The Bertz CT molecular complexity index is 858. The zero-order valence-corrected chi connectivity index (χ0v) is 13.7. The van der Waals surface area contributed by atoms with Gasteiger partial charge in [0.25, 0.3) is 5.91 Å². The highest BCUT2D eigenvalue weighted by Crippen LogP contribution is 2.25. The molecule has 124 valence electrons. The zero-order valence-electron chi connectivity index (χ0n) is 13.7. The van der Waals surface area contributed by atoms with Crippen molar-refractivity contribution in [1.82, 2.24) is 20.1 Å². The molecule has 0 aliphatic heterocycles. The lowest BCUT2D eigenvalue weighted by Gasteiger charge is -2.12. The van der Waals surface area contributed by atoms with E-state index in [1.54, 1.807) is 23.9 Å². The monoisotopic (exact) mass is 324 g/mol. The summed E-state index contributed by atoms with van der Waals surface area (Å²) in [6.07, 6.45) is 1.67. The molecule has 2 aromatic heterocycles. The van der Waals surface area contributed by atoms with Crippen LogP contribution in [0.5, 0.6) is 0 Å². The molecule has 0 unspecified atom stereocenters. The molecule has 0 saturated carbocycles. The highest BCUT2D eigenvalue weighted by Gasteiger charge is 2.18. The summed E-state index contributed by atoms with van der Waals surface area (Å²) >= 11 is 0. The molecule has 0 fully saturated rings. The Labute approximate surface area is 140 Å². The number of benzene rings is 1. The number of amides is 1. The molecule has 3 aromatic rings. The van der Waals surface area contributed by atoms with Crippen LogP contribution in [0.15, 0.2) is 42.6 Å². The molecular formula is C18H20N4O2. The minimum Gasteiger partial charge on any atom is -0.394 e. The van der Waals surface area contributed by atoms with Crippen molar-refractivity contribution in [1.29, 1.82) is 0 Å². The first-order chi connectivity index (χ1) is 11.6. The van der Waals surface area contributed by atoms with Crippen LogP contribution < -0.4 is 5.32 Å². The number of nitrogens with zero attached hydrogens (tertiary/aromatic N) is 3. The summed E-state index contributed by atoms with van der Waals surface area (Å²) in [4.78, 5) is 17.3. The van der Waals surface area contributed by atoms with Crippen LogP contribution >= 0.6 is 0 Å². The third-order valence-corrected chi connectivity index (χ3v) is 3.87. The topological polar surface area (TPSA) is 80.0 Å². The van der Waals surface area contributed by atoms with E-state index in [9.17, 15) is 9.90 Å². The molecule has 6 heteroatoms. The summed E-state index contributed by atoms with van der Waals surface area (Å²) in [7, 11) is 0. The quantitative estimate of drug-likeness (QED) is 0.754. The van der Waals surface area contributed by atoms with E-state index in [0.29, 0.717) is 23.1 Å². The molecule has 0 aliphatic rings. The van der Waals surface area contributed by atoms with Gasteiger partial charge in [0.15, 0.2) is 5.65 Å². The van der Waals surface area contributed by atoms with Crippen molar-refractivity contribution < 1.29 is 9.90 Å². The van der Waals surface area contributed by atoms with Gasteiger partial charge in [0.05, 0.1) is 29.4 Å². The van der Waals surface area contributed by atoms with Gasteiger partial charge in [0.2, 0.25) is 0 Å². The van der Waals surface area contributed by atoms with E-state index in [1.165, 1.54) is 0 Å². The fourth-order valence-corrected chi connectivity index (χ4v) is 2.57. The van der Waals surface area contributed by atoms with Crippen molar-refractivity contribution in [3.8, 4) is 11.3 Å². The lowest BCUT2D eigenvalue weighted by atomic mass is 10.1. The van der Waals surface area contributed by atoms with Gasteiger partial charge in [-0.25, -0.2) is 9.67 Å². The maximum Gasteiger partial charge on any atom is 0.252 e. The lowest BCUT2D eigenvalue weighted by molar-refractivity contribution is 0.0924. The average molecular weight is 324 g/mol. The number of aliphatic hydroxyl groups is 1. The molecule has 6 nitrogen and oxygen atoms in total. The zero-order chi connectivity index (χ0) is 17.1. The molecule has 3 rings (SSSR count). The normalized spacial score (nSPS) is 12.3. The van der Waals surface area contributed by atoms with Gasteiger partial charge in [-0.05, 0) is 19.9 Å². The number of aliphatic hydroxyl groups excluding tert-OH is 1. The minimum absolute atomic E-state index is 0.111. The van der Waals surface area contributed by atoms with E-state index in [0.717, 1.165) is 11.3 Å². The van der Waals surface area contributed by atoms with Crippen LogP contribution in [0, 0.1) is 0 Å². The van der Waals surface area contributed by atoms with Crippen molar-refractivity contribution in [2.75, 3.05) is 6.61 Å². The number of hydrogen-bond donors (Lipinski definition) is 2. The summed E-state index contributed by atoms with van der Waals surface area (Å²) in [5, 5.41) is 17.0. The predicted molar refractivity (Wildman–Crippen MR) is 92.7 cm³/mol. The third-order valence-electron chi connectivity index (χ3n) is 3.87. The molecule has 24 heavy (non-hydrogen) atoms. The van der Waals surface area contributed by atoms with Gasteiger partial charge in [-0.2, -0.15) is 5.10 Å². The Morgan fingerprint density at radius 1 is 1.33 bits per heavy atom. The molecule has 0 saturated heterocycles. The van der Waals surface area contributed by atoms with E-state index >= 15 is 0 Å². The Balaban J connectivity index is 2.16. The van der Waals surface area contributed by atoms with Crippen LogP contribution in [0.25, 0.3) is 22.3 Å². The van der Waals surface area contributed by atoms with Crippen molar-refractivity contribution >= 4 is 16.9 Å². The molecule has 2 N–H and O–H groups in total.